The van der Waals surface area contributed by atoms with Crippen LogP contribution in [-0.4, -0.2) is 140 Å². The predicted molar refractivity (Wildman–Crippen MR) is 364 cm³/mol. The standard InChI is InChI=1S/C75H131NO13/c1-3-5-7-9-11-13-15-17-19-21-22-23-24-25-26-27-28-29-30-31-32-33-34-35-36-37-38-39-40-41-42-43-45-47-49-51-53-55-57-59-67(80)76-63(64(79)58-56-54-52-50-48-46-44-20-18-16-14-12-10-8-6-4-2)62-86-74-72(85)70(83)73(66(61-78)88-74)89-75-71(84)69(82)68(81)65(60-77)87-75/h5,7,11,13,17-20,22-23,25-26,48,50,56,58,63-66,68-75,77-79,81-85H,3-4,6,8-10,12,14-16,21,24,27-47,49,51-55,57,59-62H2,1-2H3,(H,76,80)/b7-5-,13-11-,19-17-,20-18+,23-22-,26-25-,50-48+,58-56+. The van der Waals surface area contributed by atoms with Gasteiger partial charge in [-0.25, -0.2) is 0 Å². The molecule has 12 unspecified atom stereocenters. The summed E-state index contributed by atoms with van der Waals surface area (Å²) >= 11 is 0. The number of amides is 1. The van der Waals surface area contributed by atoms with E-state index in [4.69, 9.17) is 18.9 Å². The van der Waals surface area contributed by atoms with Gasteiger partial charge < -0.3 is 65.1 Å². The largest absolute Gasteiger partial charge is 0.394 e. The zero-order valence-corrected chi connectivity index (χ0v) is 55.9. The van der Waals surface area contributed by atoms with Crippen LogP contribution in [0, 0.1) is 0 Å². The van der Waals surface area contributed by atoms with E-state index in [9.17, 15) is 45.6 Å². The van der Waals surface area contributed by atoms with Gasteiger partial charge in [-0.2, -0.15) is 0 Å². The summed E-state index contributed by atoms with van der Waals surface area (Å²) in [5.74, 6) is -0.252. The van der Waals surface area contributed by atoms with E-state index in [1.807, 2.05) is 6.08 Å². The first kappa shape index (κ1) is 82.0. The van der Waals surface area contributed by atoms with Gasteiger partial charge in [-0.15, -0.1) is 0 Å². The molecule has 2 aliphatic rings. The third-order valence-electron chi connectivity index (χ3n) is 17.0. The van der Waals surface area contributed by atoms with E-state index >= 15 is 0 Å². The average molecular weight is 1250 g/mol. The fraction of sp³-hybridized carbons (Fsp3) is 0.773. The fourth-order valence-corrected chi connectivity index (χ4v) is 11.3. The van der Waals surface area contributed by atoms with Gasteiger partial charge in [-0.3, -0.25) is 4.79 Å². The van der Waals surface area contributed by atoms with Gasteiger partial charge in [0, 0.05) is 6.42 Å². The molecular weight excluding hydrogens is 1120 g/mol. The van der Waals surface area contributed by atoms with Crippen LogP contribution in [0.2, 0.25) is 0 Å². The lowest BCUT2D eigenvalue weighted by Crippen LogP contribution is -2.65. The Hall–Kier alpha value is -3.09. The summed E-state index contributed by atoms with van der Waals surface area (Å²) in [5, 5.41) is 87.3. The predicted octanol–water partition coefficient (Wildman–Crippen LogP) is 15.0. The summed E-state index contributed by atoms with van der Waals surface area (Å²) in [7, 11) is 0. The second-order valence-corrected chi connectivity index (χ2v) is 25.0. The van der Waals surface area contributed by atoms with Crippen LogP contribution in [0.1, 0.15) is 277 Å². The summed E-state index contributed by atoms with van der Waals surface area (Å²) in [6, 6.07) is -0.941. The van der Waals surface area contributed by atoms with Crippen molar-refractivity contribution in [2.75, 3.05) is 19.8 Å². The number of hydrogen-bond donors (Lipinski definition) is 9. The molecule has 9 N–H and O–H groups in total. The molecule has 89 heavy (non-hydrogen) atoms. The zero-order valence-electron chi connectivity index (χ0n) is 55.9. The van der Waals surface area contributed by atoms with Crippen molar-refractivity contribution in [3.05, 3.63) is 97.2 Å². The third kappa shape index (κ3) is 42.7. The minimum atomic E-state index is -1.79. The lowest BCUT2D eigenvalue weighted by atomic mass is 9.97. The maximum atomic E-state index is 13.3. The number of nitrogens with one attached hydrogen (secondary N) is 1. The Balaban J connectivity index is 1.59. The van der Waals surface area contributed by atoms with Crippen molar-refractivity contribution in [1.82, 2.24) is 5.32 Å². The molecule has 0 saturated carbocycles. The van der Waals surface area contributed by atoms with Crippen molar-refractivity contribution < 1.29 is 64.6 Å². The van der Waals surface area contributed by atoms with E-state index < -0.39 is 86.8 Å². The van der Waals surface area contributed by atoms with Crippen molar-refractivity contribution in [3.63, 3.8) is 0 Å². The third-order valence-corrected chi connectivity index (χ3v) is 17.0. The summed E-state index contributed by atoms with van der Waals surface area (Å²) in [6.45, 7) is 2.66. The number of carbonyl (C=O) groups excluding carboxylic acids is 1. The number of aliphatic hydroxyl groups is 8. The van der Waals surface area contributed by atoms with Crippen LogP contribution < -0.4 is 5.32 Å². The first-order valence-corrected chi connectivity index (χ1v) is 36.0. The smallest absolute Gasteiger partial charge is 0.220 e. The molecule has 14 heteroatoms. The topological polar surface area (TPSA) is 228 Å². The summed E-state index contributed by atoms with van der Waals surface area (Å²) < 4.78 is 22.8. The number of ether oxygens (including phenoxy) is 4. The van der Waals surface area contributed by atoms with Crippen LogP contribution in [0.3, 0.4) is 0 Å². The molecule has 0 bridgehead atoms. The SMILES string of the molecule is CC/C=C\C/C=C\C/C=C\C/C=C\C/C=C\CCCCCCCCCCCCCCCCCCCCCCCCCC(=O)NC(COC1OC(CO)C(OC2OC(CO)C(O)C(O)C2O)C(O)C1O)C(O)/C=C/CC/C=C/CC/C=C/CCCCCCCC. The number of allylic oxidation sites excluding steroid dienone is 15. The number of carbonyl (C=O) groups is 1. The molecule has 2 rings (SSSR count). The highest BCUT2D eigenvalue weighted by Gasteiger charge is 2.51. The molecule has 0 spiro atoms. The van der Waals surface area contributed by atoms with Gasteiger partial charge in [0.1, 0.15) is 48.8 Å². The normalized spacial score (nSPS) is 23.6. The quantitative estimate of drug-likeness (QED) is 0.0204. The number of hydrogen-bond acceptors (Lipinski definition) is 13. The van der Waals surface area contributed by atoms with Crippen LogP contribution in [0.25, 0.3) is 0 Å². The molecule has 514 valence electrons. The number of rotatable bonds is 58. The minimum Gasteiger partial charge on any atom is -0.394 e. The first-order valence-electron chi connectivity index (χ1n) is 36.0. The Morgan fingerprint density at radius 3 is 1.24 bits per heavy atom. The van der Waals surface area contributed by atoms with Gasteiger partial charge in [-0.1, -0.05) is 278 Å². The van der Waals surface area contributed by atoms with Crippen LogP contribution in [0.4, 0.5) is 0 Å². The maximum Gasteiger partial charge on any atom is 0.220 e. The Kier molecular flexibility index (Phi) is 54.1. The summed E-state index contributed by atoms with van der Waals surface area (Å²) in [6.07, 6.45) is 66.3. The molecule has 2 heterocycles. The van der Waals surface area contributed by atoms with Gasteiger partial charge in [0.05, 0.1) is 32.0 Å². The molecule has 0 aromatic carbocycles. The van der Waals surface area contributed by atoms with Crippen molar-refractivity contribution in [2.45, 2.75) is 351 Å². The van der Waals surface area contributed by atoms with E-state index in [1.165, 1.54) is 167 Å². The fourth-order valence-electron chi connectivity index (χ4n) is 11.3. The van der Waals surface area contributed by atoms with Crippen molar-refractivity contribution in [3.8, 4) is 0 Å². The highest BCUT2D eigenvalue weighted by Crippen LogP contribution is 2.30. The van der Waals surface area contributed by atoms with Crippen molar-refractivity contribution >= 4 is 5.91 Å². The molecule has 2 aliphatic heterocycles. The average Bonchev–Trinajstić information content (AvgIpc) is 2.55. The van der Waals surface area contributed by atoms with E-state index in [0.717, 1.165) is 77.0 Å². The lowest BCUT2D eigenvalue weighted by molar-refractivity contribution is -0.359. The molecule has 0 aromatic heterocycles. The van der Waals surface area contributed by atoms with Crippen molar-refractivity contribution in [2.24, 2.45) is 0 Å². The Bertz CT molecular complexity index is 1860. The van der Waals surface area contributed by atoms with Gasteiger partial charge >= 0.3 is 0 Å². The summed E-state index contributed by atoms with van der Waals surface area (Å²) in [5.41, 5.74) is 0. The zero-order chi connectivity index (χ0) is 64.5. The Morgan fingerprint density at radius 1 is 0.416 bits per heavy atom. The van der Waals surface area contributed by atoms with E-state index in [1.54, 1.807) is 6.08 Å². The molecular formula is C75H131NO13. The molecule has 1 amide bonds. The van der Waals surface area contributed by atoms with Gasteiger partial charge in [-0.05, 0) is 89.9 Å². The molecule has 2 saturated heterocycles. The van der Waals surface area contributed by atoms with E-state index in [-0.39, 0.29) is 18.9 Å². The highest BCUT2D eigenvalue weighted by molar-refractivity contribution is 5.76. The minimum absolute atomic E-state index is 0.252. The second-order valence-electron chi connectivity index (χ2n) is 25.0. The lowest BCUT2D eigenvalue weighted by Gasteiger charge is -2.46. The Morgan fingerprint density at radius 2 is 0.787 bits per heavy atom. The van der Waals surface area contributed by atoms with Crippen LogP contribution in [0.15, 0.2) is 97.2 Å². The van der Waals surface area contributed by atoms with E-state index in [2.05, 4.69) is 104 Å². The molecule has 0 radical (unpaired) electrons. The molecule has 0 aromatic rings. The molecule has 14 nitrogen and oxygen atoms in total. The molecule has 12 atom stereocenters. The highest BCUT2D eigenvalue weighted by atomic mass is 16.7. The van der Waals surface area contributed by atoms with E-state index in [0.29, 0.717) is 12.8 Å². The summed E-state index contributed by atoms with van der Waals surface area (Å²) in [4.78, 5) is 13.3. The van der Waals surface area contributed by atoms with Crippen LogP contribution >= 0.6 is 0 Å². The molecule has 0 aliphatic carbocycles. The van der Waals surface area contributed by atoms with Gasteiger partial charge in [0.2, 0.25) is 5.91 Å². The number of unbranched alkanes of at least 4 members (excludes halogenated alkanes) is 31. The number of aliphatic hydroxyl groups excluding tert-OH is 8. The van der Waals surface area contributed by atoms with Gasteiger partial charge in [0.25, 0.3) is 0 Å². The second kappa shape index (κ2) is 58.7. The van der Waals surface area contributed by atoms with Crippen molar-refractivity contribution in [1.29, 1.82) is 0 Å². The monoisotopic (exact) mass is 1250 g/mol. The first-order chi connectivity index (χ1) is 43.6. The maximum absolute atomic E-state index is 13.3. The molecule has 2 fully saturated rings. The Labute approximate surface area is 541 Å². The van der Waals surface area contributed by atoms with Crippen LogP contribution in [0.5, 0.6) is 0 Å². The van der Waals surface area contributed by atoms with Gasteiger partial charge in [0.15, 0.2) is 12.6 Å². The van der Waals surface area contributed by atoms with Crippen LogP contribution in [-0.2, 0) is 23.7 Å².